The van der Waals surface area contributed by atoms with E-state index in [0.717, 1.165) is 6.42 Å². The Morgan fingerprint density at radius 2 is 2.10 bits per heavy atom. The third-order valence-corrected chi connectivity index (χ3v) is 2.67. The van der Waals surface area contributed by atoms with Gasteiger partial charge in [-0.2, -0.15) is 0 Å². The van der Waals surface area contributed by atoms with Crippen LogP contribution >= 0.6 is 0 Å². The van der Waals surface area contributed by atoms with Gasteiger partial charge in [-0.3, -0.25) is 9.59 Å². The van der Waals surface area contributed by atoms with E-state index in [1.165, 1.54) is 0 Å². The van der Waals surface area contributed by atoms with Crippen LogP contribution in [0.2, 0.25) is 0 Å². The molecule has 0 unspecified atom stereocenters. The van der Waals surface area contributed by atoms with E-state index in [4.69, 9.17) is 9.84 Å². The Morgan fingerprint density at radius 3 is 2.75 bits per heavy atom. The molecular weight excluding hydrogens is 258 g/mol. The number of benzene rings is 1. The van der Waals surface area contributed by atoms with Gasteiger partial charge in [0.1, 0.15) is 5.75 Å². The van der Waals surface area contributed by atoms with Gasteiger partial charge in [0.05, 0.1) is 6.42 Å². The molecule has 0 bridgehead atoms. The summed E-state index contributed by atoms with van der Waals surface area (Å²) in [6.07, 6.45) is 0.873. The van der Waals surface area contributed by atoms with Crippen LogP contribution < -0.4 is 10.1 Å². The van der Waals surface area contributed by atoms with Gasteiger partial charge in [0.2, 0.25) is 0 Å². The summed E-state index contributed by atoms with van der Waals surface area (Å²) in [7, 11) is 0. The Hall–Kier alpha value is -2.04. The van der Waals surface area contributed by atoms with Crippen LogP contribution in [0.15, 0.2) is 24.3 Å². The summed E-state index contributed by atoms with van der Waals surface area (Å²) in [5, 5.41) is 11.5. The molecule has 1 aromatic carbocycles. The number of nitrogens with one attached hydrogen (secondary N) is 1. The van der Waals surface area contributed by atoms with Crippen molar-refractivity contribution in [1.82, 2.24) is 5.32 Å². The fourth-order valence-electron chi connectivity index (χ4n) is 1.62. The number of aliphatic carboxylic acids is 1. The van der Waals surface area contributed by atoms with E-state index in [9.17, 15) is 9.59 Å². The Kier molecular flexibility index (Phi) is 6.56. The highest BCUT2D eigenvalue weighted by molar-refractivity contribution is 5.77. The summed E-state index contributed by atoms with van der Waals surface area (Å²) in [5.41, 5.74) is 0.648. The van der Waals surface area contributed by atoms with Gasteiger partial charge in [-0.15, -0.1) is 0 Å². The zero-order chi connectivity index (χ0) is 15.0. The first-order chi connectivity index (χ1) is 9.47. The van der Waals surface area contributed by atoms with E-state index >= 15 is 0 Å². The molecule has 0 saturated carbocycles. The van der Waals surface area contributed by atoms with Gasteiger partial charge in [-0.25, -0.2) is 0 Å². The number of carboxylic acids is 1. The average Bonchev–Trinajstić information content (AvgIpc) is 2.35. The average molecular weight is 279 g/mol. The van der Waals surface area contributed by atoms with E-state index in [1.807, 2.05) is 0 Å². The topological polar surface area (TPSA) is 75.6 Å². The van der Waals surface area contributed by atoms with Crippen molar-refractivity contribution in [3.05, 3.63) is 29.8 Å². The Morgan fingerprint density at radius 1 is 1.35 bits per heavy atom. The monoisotopic (exact) mass is 279 g/mol. The zero-order valence-electron chi connectivity index (χ0n) is 11.9. The molecule has 0 atom stereocenters. The minimum absolute atomic E-state index is 0.0578. The SMILES string of the molecule is CC(C)CCNC(=O)COc1cccc(CC(=O)O)c1. The van der Waals surface area contributed by atoms with Gasteiger partial charge < -0.3 is 15.2 Å². The Labute approximate surface area is 118 Å². The minimum atomic E-state index is -0.895. The van der Waals surface area contributed by atoms with Crippen LogP contribution in [0.5, 0.6) is 5.75 Å². The standard InChI is InChI=1S/C15H21NO4/c1-11(2)6-7-16-14(17)10-20-13-5-3-4-12(8-13)9-15(18)19/h3-5,8,11H,6-7,9-10H2,1-2H3,(H,16,17)(H,18,19). The highest BCUT2D eigenvalue weighted by atomic mass is 16.5. The van der Waals surface area contributed by atoms with E-state index in [-0.39, 0.29) is 18.9 Å². The molecular formula is C15H21NO4. The highest BCUT2D eigenvalue weighted by Gasteiger charge is 2.05. The maximum Gasteiger partial charge on any atom is 0.307 e. The molecule has 0 spiro atoms. The van der Waals surface area contributed by atoms with Crippen LogP contribution in [-0.2, 0) is 16.0 Å². The second-order valence-corrected chi connectivity index (χ2v) is 5.04. The van der Waals surface area contributed by atoms with Crippen LogP contribution in [0.1, 0.15) is 25.8 Å². The van der Waals surface area contributed by atoms with Crippen LogP contribution in [0, 0.1) is 5.92 Å². The summed E-state index contributed by atoms with van der Waals surface area (Å²) in [6.45, 7) is 4.76. The van der Waals surface area contributed by atoms with Gasteiger partial charge in [-0.05, 0) is 30.0 Å². The van der Waals surface area contributed by atoms with Crippen molar-refractivity contribution in [2.24, 2.45) is 5.92 Å². The lowest BCUT2D eigenvalue weighted by molar-refractivity contribution is -0.136. The van der Waals surface area contributed by atoms with Gasteiger partial charge in [0, 0.05) is 6.54 Å². The minimum Gasteiger partial charge on any atom is -0.484 e. The summed E-state index contributed by atoms with van der Waals surface area (Å²) in [4.78, 5) is 22.1. The van der Waals surface area contributed by atoms with Gasteiger partial charge in [0.25, 0.3) is 5.91 Å². The lowest BCUT2D eigenvalue weighted by Gasteiger charge is -2.09. The number of carbonyl (C=O) groups is 2. The third kappa shape index (κ3) is 6.78. The van der Waals surface area contributed by atoms with E-state index in [2.05, 4.69) is 19.2 Å². The molecule has 0 aliphatic heterocycles. The summed E-state index contributed by atoms with van der Waals surface area (Å²) < 4.78 is 5.34. The molecule has 110 valence electrons. The Bertz CT molecular complexity index is 457. The van der Waals surface area contributed by atoms with Crippen molar-refractivity contribution in [2.45, 2.75) is 26.7 Å². The second-order valence-electron chi connectivity index (χ2n) is 5.04. The normalized spacial score (nSPS) is 10.3. The fraction of sp³-hybridized carbons (Fsp3) is 0.467. The third-order valence-electron chi connectivity index (χ3n) is 2.67. The van der Waals surface area contributed by atoms with Crippen molar-refractivity contribution < 1.29 is 19.4 Å². The summed E-state index contributed by atoms with van der Waals surface area (Å²) in [5.74, 6) is -0.0189. The first kappa shape index (κ1) is 16.0. The Balaban J connectivity index is 2.37. The number of carbonyl (C=O) groups excluding carboxylic acids is 1. The molecule has 1 aromatic rings. The first-order valence-corrected chi connectivity index (χ1v) is 6.67. The highest BCUT2D eigenvalue weighted by Crippen LogP contribution is 2.13. The molecule has 20 heavy (non-hydrogen) atoms. The largest absolute Gasteiger partial charge is 0.484 e. The number of ether oxygens (including phenoxy) is 1. The molecule has 0 fully saturated rings. The smallest absolute Gasteiger partial charge is 0.307 e. The molecule has 1 rings (SSSR count). The van der Waals surface area contributed by atoms with Crippen LogP contribution in [0.25, 0.3) is 0 Å². The van der Waals surface area contributed by atoms with Crippen LogP contribution in [0.4, 0.5) is 0 Å². The number of amides is 1. The molecule has 0 aromatic heterocycles. The lowest BCUT2D eigenvalue weighted by Crippen LogP contribution is -2.30. The quantitative estimate of drug-likeness (QED) is 0.761. The second kappa shape index (κ2) is 8.19. The van der Waals surface area contributed by atoms with Gasteiger partial charge in [0.15, 0.2) is 6.61 Å². The van der Waals surface area contributed by atoms with Gasteiger partial charge >= 0.3 is 5.97 Å². The number of hydrogen-bond donors (Lipinski definition) is 2. The number of rotatable bonds is 8. The lowest BCUT2D eigenvalue weighted by atomic mass is 10.1. The summed E-state index contributed by atoms with van der Waals surface area (Å²) in [6, 6.07) is 6.76. The van der Waals surface area contributed by atoms with Crippen LogP contribution in [0.3, 0.4) is 0 Å². The predicted octanol–water partition coefficient (Wildman–Crippen LogP) is 1.85. The zero-order valence-corrected chi connectivity index (χ0v) is 11.9. The molecule has 1 amide bonds. The maximum absolute atomic E-state index is 11.5. The first-order valence-electron chi connectivity index (χ1n) is 6.67. The van der Waals surface area contributed by atoms with E-state index in [0.29, 0.717) is 23.8 Å². The molecule has 5 nitrogen and oxygen atoms in total. The molecule has 0 aliphatic rings. The maximum atomic E-state index is 11.5. The molecule has 0 heterocycles. The van der Waals surface area contributed by atoms with E-state index in [1.54, 1.807) is 24.3 Å². The van der Waals surface area contributed by atoms with Crippen molar-refractivity contribution in [2.75, 3.05) is 13.2 Å². The molecule has 0 aliphatic carbocycles. The van der Waals surface area contributed by atoms with E-state index < -0.39 is 5.97 Å². The van der Waals surface area contributed by atoms with Crippen molar-refractivity contribution in [3.63, 3.8) is 0 Å². The molecule has 2 N–H and O–H groups in total. The number of carboxylic acid groups (broad SMARTS) is 1. The van der Waals surface area contributed by atoms with Crippen molar-refractivity contribution >= 4 is 11.9 Å². The predicted molar refractivity (Wildman–Crippen MR) is 75.7 cm³/mol. The summed E-state index contributed by atoms with van der Waals surface area (Å²) >= 11 is 0. The molecule has 0 radical (unpaired) electrons. The van der Waals surface area contributed by atoms with Crippen LogP contribution in [-0.4, -0.2) is 30.1 Å². The van der Waals surface area contributed by atoms with Gasteiger partial charge in [-0.1, -0.05) is 26.0 Å². The van der Waals surface area contributed by atoms with Crippen molar-refractivity contribution in [3.8, 4) is 5.75 Å². The fourth-order valence-corrected chi connectivity index (χ4v) is 1.62. The van der Waals surface area contributed by atoms with Crippen molar-refractivity contribution in [1.29, 1.82) is 0 Å². The molecule has 5 heteroatoms. The number of hydrogen-bond acceptors (Lipinski definition) is 3. The molecule has 0 saturated heterocycles.